The summed E-state index contributed by atoms with van der Waals surface area (Å²) in [6.45, 7) is 4.61. The van der Waals surface area contributed by atoms with Gasteiger partial charge in [-0.1, -0.05) is 35.0 Å². The Morgan fingerprint density at radius 2 is 2.19 bits per heavy atom. The summed E-state index contributed by atoms with van der Waals surface area (Å²) >= 11 is 3.52. The van der Waals surface area contributed by atoms with Crippen molar-refractivity contribution in [2.24, 2.45) is 5.92 Å². The monoisotopic (exact) mass is 281 g/mol. The molecule has 1 nitrogen and oxygen atoms in total. The summed E-state index contributed by atoms with van der Waals surface area (Å²) in [5.41, 5.74) is 1.37. The zero-order valence-corrected chi connectivity index (χ0v) is 11.6. The molecule has 0 heterocycles. The molecule has 0 amide bonds. The highest BCUT2D eigenvalue weighted by molar-refractivity contribution is 9.10. The van der Waals surface area contributed by atoms with Crippen LogP contribution in [0.1, 0.15) is 44.7 Å². The van der Waals surface area contributed by atoms with Gasteiger partial charge in [0.1, 0.15) is 0 Å². The Bertz CT molecular complexity index is 350. The molecule has 2 rings (SSSR count). The standard InChI is InChI=1S/C14H20BrN/c1-10-6-7-14(8-10)16-11(2)12-4-3-5-13(15)9-12/h3-5,9-11,14,16H,6-8H2,1-2H3. The largest absolute Gasteiger partial charge is 0.307 e. The van der Waals surface area contributed by atoms with Gasteiger partial charge >= 0.3 is 0 Å². The molecule has 1 aliphatic carbocycles. The molecule has 0 spiro atoms. The Morgan fingerprint density at radius 1 is 1.38 bits per heavy atom. The zero-order chi connectivity index (χ0) is 11.5. The van der Waals surface area contributed by atoms with Crippen LogP contribution in [-0.2, 0) is 0 Å². The summed E-state index contributed by atoms with van der Waals surface area (Å²) in [6, 6.07) is 9.75. The lowest BCUT2D eigenvalue weighted by molar-refractivity contribution is 0.449. The van der Waals surface area contributed by atoms with E-state index in [2.05, 4.69) is 59.4 Å². The van der Waals surface area contributed by atoms with Crippen molar-refractivity contribution in [3.8, 4) is 0 Å². The molecule has 2 heteroatoms. The average molecular weight is 282 g/mol. The van der Waals surface area contributed by atoms with Crippen LogP contribution in [0.4, 0.5) is 0 Å². The van der Waals surface area contributed by atoms with Gasteiger partial charge in [0.15, 0.2) is 0 Å². The lowest BCUT2D eigenvalue weighted by Crippen LogP contribution is -2.29. The van der Waals surface area contributed by atoms with Crippen molar-refractivity contribution in [3.05, 3.63) is 34.3 Å². The molecule has 0 aromatic heterocycles. The van der Waals surface area contributed by atoms with Gasteiger partial charge in [-0.05, 0) is 49.8 Å². The highest BCUT2D eigenvalue weighted by Crippen LogP contribution is 2.27. The molecule has 1 N–H and O–H groups in total. The Morgan fingerprint density at radius 3 is 2.81 bits per heavy atom. The van der Waals surface area contributed by atoms with E-state index < -0.39 is 0 Å². The van der Waals surface area contributed by atoms with Gasteiger partial charge in [-0.25, -0.2) is 0 Å². The zero-order valence-electron chi connectivity index (χ0n) is 10.0. The number of benzene rings is 1. The van der Waals surface area contributed by atoms with Crippen LogP contribution in [0.5, 0.6) is 0 Å². The van der Waals surface area contributed by atoms with Crippen molar-refractivity contribution in [2.45, 2.75) is 45.2 Å². The molecule has 1 aromatic rings. The lowest BCUT2D eigenvalue weighted by atomic mass is 10.1. The van der Waals surface area contributed by atoms with E-state index in [1.54, 1.807) is 0 Å². The van der Waals surface area contributed by atoms with Gasteiger partial charge < -0.3 is 5.32 Å². The van der Waals surface area contributed by atoms with Crippen molar-refractivity contribution in [3.63, 3.8) is 0 Å². The van der Waals surface area contributed by atoms with Gasteiger partial charge in [-0.3, -0.25) is 0 Å². The van der Waals surface area contributed by atoms with E-state index in [0.717, 1.165) is 5.92 Å². The minimum absolute atomic E-state index is 0.452. The van der Waals surface area contributed by atoms with Gasteiger partial charge in [-0.15, -0.1) is 0 Å². The smallest absolute Gasteiger partial charge is 0.0294 e. The Hall–Kier alpha value is -0.340. The third-order valence-corrected chi connectivity index (χ3v) is 4.02. The molecule has 0 saturated heterocycles. The van der Waals surface area contributed by atoms with Gasteiger partial charge in [0.25, 0.3) is 0 Å². The second-order valence-electron chi connectivity index (χ2n) is 5.06. The molecule has 1 fully saturated rings. The minimum Gasteiger partial charge on any atom is -0.307 e. The Kier molecular flexibility index (Phi) is 4.04. The summed E-state index contributed by atoms with van der Waals surface area (Å²) in [5.74, 6) is 0.896. The number of hydrogen-bond donors (Lipinski definition) is 1. The van der Waals surface area contributed by atoms with E-state index in [1.807, 2.05) is 0 Å². The first kappa shape index (κ1) is 12.1. The van der Waals surface area contributed by atoms with Crippen LogP contribution < -0.4 is 5.32 Å². The van der Waals surface area contributed by atoms with Crippen LogP contribution in [0.3, 0.4) is 0 Å². The summed E-state index contributed by atoms with van der Waals surface area (Å²) in [5, 5.41) is 3.73. The van der Waals surface area contributed by atoms with Crippen molar-refractivity contribution < 1.29 is 0 Å². The van der Waals surface area contributed by atoms with Gasteiger partial charge in [0, 0.05) is 16.6 Å². The second-order valence-corrected chi connectivity index (χ2v) is 5.97. The molecule has 1 saturated carbocycles. The van der Waals surface area contributed by atoms with Crippen molar-refractivity contribution >= 4 is 15.9 Å². The normalized spacial score (nSPS) is 26.9. The van der Waals surface area contributed by atoms with Crippen LogP contribution in [-0.4, -0.2) is 6.04 Å². The maximum Gasteiger partial charge on any atom is 0.0294 e. The van der Waals surface area contributed by atoms with E-state index in [0.29, 0.717) is 12.1 Å². The topological polar surface area (TPSA) is 12.0 Å². The number of hydrogen-bond acceptors (Lipinski definition) is 1. The third kappa shape index (κ3) is 3.08. The maximum absolute atomic E-state index is 3.73. The predicted molar refractivity (Wildman–Crippen MR) is 72.5 cm³/mol. The quantitative estimate of drug-likeness (QED) is 0.872. The summed E-state index contributed by atoms with van der Waals surface area (Å²) in [4.78, 5) is 0. The van der Waals surface area contributed by atoms with E-state index in [9.17, 15) is 0 Å². The van der Waals surface area contributed by atoms with Crippen LogP contribution in [0.15, 0.2) is 28.7 Å². The number of halogens is 1. The van der Waals surface area contributed by atoms with E-state index in [-0.39, 0.29) is 0 Å². The van der Waals surface area contributed by atoms with Crippen LogP contribution in [0, 0.1) is 5.92 Å². The Balaban J connectivity index is 1.95. The predicted octanol–water partition coefficient (Wildman–Crippen LogP) is 4.29. The van der Waals surface area contributed by atoms with Gasteiger partial charge in [-0.2, -0.15) is 0 Å². The minimum atomic E-state index is 0.452. The molecular formula is C14H20BrN. The van der Waals surface area contributed by atoms with Crippen LogP contribution in [0.2, 0.25) is 0 Å². The molecule has 3 atom stereocenters. The number of rotatable bonds is 3. The molecule has 0 radical (unpaired) electrons. The van der Waals surface area contributed by atoms with Gasteiger partial charge in [0.05, 0.1) is 0 Å². The summed E-state index contributed by atoms with van der Waals surface area (Å²) in [6.07, 6.45) is 4.04. The first-order valence-electron chi connectivity index (χ1n) is 6.16. The molecule has 16 heavy (non-hydrogen) atoms. The molecule has 1 aliphatic rings. The van der Waals surface area contributed by atoms with Crippen LogP contribution in [0.25, 0.3) is 0 Å². The maximum atomic E-state index is 3.73. The van der Waals surface area contributed by atoms with E-state index >= 15 is 0 Å². The van der Waals surface area contributed by atoms with Crippen LogP contribution >= 0.6 is 15.9 Å². The SMILES string of the molecule is CC1CCC(NC(C)c2cccc(Br)c2)C1. The first-order valence-corrected chi connectivity index (χ1v) is 6.96. The lowest BCUT2D eigenvalue weighted by Gasteiger charge is -2.20. The molecular weight excluding hydrogens is 262 g/mol. The molecule has 3 unspecified atom stereocenters. The Labute approximate surface area is 107 Å². The molecule has 0 bridgehead atoms. The van der Waals surface area contributed by atoms with Gasteiger partial charge in [0.2, 0.25) is 0 Å². The van der Waals surface area contributed by atoms with E-state index in [1.165, 1.54) is 29.3 Å². The molecule has 1 aromatic carbocycles. The summed E-state index contributed by atoms with van der Waals surface area (Å²) < 4.78 is 1.17. The fourth-order valence-electron chi connectivity index (χ4n) is 2.58. The molecule has 88 valence electrons. The summed E-state index contributed by atoms with van der Waals surface area (Å²) in [7, 11) is 0. The fraction of sp³-hybridized carbons (Fsp3) is 0.571. The average Bonchev–Trinajstić information content (AvgIpc) is 2.64. The third-order valence-electron chi connectivity index (χ3n) is 3.53. The number of nitrogens with one attached hydrogen (secondary N) is 1. The van der Waals surface area contributed by atoms with Crippen molar-refractivity contribution in [2.75, 3.05) is 0 Å². The first-order chi connectivity index (χ1) is 7.65. The van der Waals surface area contributed by atoms with Crippen molar-refractivity contribution in [1.82, 2.24) is 5.32 Å². The molecule has 0 aliphatic heterocycles. The highest BCUT2D eigenvalue weighted by Gasteiger charge is 2.22. The van der Waals surface area contributed by atoms with Crippen molar-refractivity contribution in [1.29, 1.82) is 0 Å². The fourth-order valence-corrected chi connectivity index (χ4v) is 3.00. The second kappa shape index (κ2) is 5.33. The van der Waals surface area contributed by atoms with E-state index in [4.69, 9.17) is 0 Å². The highest BCUT2D eigenvalue weighted by atomic mass is 79.9.